The van der Waals surface area contributed by atoms with Crippen molar-refractivity contribution in [1.29, 1.82) is 0 Å². The molecule has 0 saturated heterocycles. The second-order valence-electron chi connectivity index (χ2n) is 4.64. The largest absolute Gasteiger partial charge is 0.480 e. The van der Waals surface area contributed by atoms with Crippen molar-refractivity contribution >= 4 is 23.8 Å². The second-order valence-corrected chi connectivity index (χ2v) is 4.64. The van der Waals surface area contributed by atoms with Gasteiger partial charge in [-0.25, -0.2) is 0 Å². The lowest BCUT2D eigenvalue weighted by Crippen LogP contribution is -2.39. The number of carboxylic acid groups (broad SMARTS) is 2. The molecule has 2 amide bonds. The predicted molar refractivity (Wildman–Crippen MR) is 75.6 cm³/mol. The van der Waals surface area contributed by atoms with E-state index < -0.39 is 35.8 Å². The van der Waals surface area contributed by atoms with Gasteiger partial charge in [-0.05, 0) is 38.1 Å². The molecular formula is C14H16N2O6. The Morgan fingerprint density at radius 3 is 1.27 bits per heavy atom. The van der Waals surface area contributed by atoms with Gasteiger partial charge in [0.2, 0.25) is 0 Å². The first-order valence-electron chi connectivity index (χ1n) is 6.39. The summed E-state index contributed by atoms with van der Waals surface area (Å²) < 4.78 is 0. The monoisotopic (exact) mass is 308 g/mol. The van der Waals surface area contributed by atoms with Crippen molar-refractivity contribution < 1.29 is 29.4 Å². The molecule has 0 heterocycles. The summed E-state index contributed by atoms with van der Waals surface area (Å²) in [6.07, 6.45) is 0. The van der Waals surface area contributed by atoms with E-state index in [9.17, 15) is 19.2 Å². The maximum atomic E-state index is 11.8. The highest BCUT2D eigenvalue weighted by molar-refractivity contribution is 5.99. The molecule has 0 spiro atoms. The molecule has 4 N–H and O–H groups in total. The highest BCUT2D eigenvalue weighted by Crippen LogP contribution is 2.05. The summed E-state index contributed by atoms with van der Waals surface area (Å²) in [5, 5.41) is 22.0. The van der Waals surface area contributed by atoms with Gasteiger partial charge in [0.05, 0.1) is 0 Å². The quantitative estimate of drug-likeness (QED) is 0.589. The van der Waals surface area contributed by atoms with E-state index in [1.54, 1.807) is 0 Å². The number of rotatable bonds is 6. The normalized spacial score (nSPS) is 12.8. The number of carboxylic acids is 2. The number of benzene rings is 1. The van der Waals surface area contributed by atoms with E-state index in [0.717, 1.165) is 0 Å². The number of carbonyl (C=O) groups excluding carboxylic acids is 2. The second kappa shape index (κ2) is 7.21. The fourth-order valence-corrected chi connectivity index (χ4v) is 1.46. The fraction of sp³-hybridized carbons (Fsp3) is 0.286. The summed E-state index contributed by atoms with van der Waals surface area (Å²) in [4.78, 5) is 44.8. The molecule has 8 nitrogen and oxygen atoms in total. The third-order valence-electron chi connectivity index (χ3n) is 2.85. The molecule has 0 aliphatic heterocycles. The smallest absolute Gasteiger partial charge is 0.325 e. The maximum absolute atomic E-state index is 11.8. The van der Waals surface area contributed by atoms with E-state index in [4.69, 9.17) is 10.2 Å². The third-order valence-corrected chi connectivity index (χ3v) is 2.85. The van der Waals surface area contributed by atoms with Crippen molar-refractivity contribution in [2.45, 2.75) is 25.9 Å². The zero-order chi connectivity index (χ0) is 16.9. The molecule has 0 unspecified atom stereocenters. The zero-order valence-electron chi connectivity index (χ0n) is 12.0. The number of carbonyl (C=O) groups is 4. The van der Waals surface area contributed by atoms with Gasteiger partial charge in [-0.2, -0.15) is 0 Å². The lowest BCUT2D eigenvalue weighted by atomic mass is 10.1. The van der Waals surface area contributed by atoms with Crippen LogP contribution in [0.5, 0.6) is 0 Å². The number of nitrogens with one attached hydrogen (secondary N) is 2. The lowest BCUT2D eigenvalue weighted by Gasteiger charge is -2.11. The van der Waals surface area contributed by atoms with Crippen LogP contribution >= 0.6 is 0 Å². The Hall–Kier alpha value is -2.90. The van der Waals surface area contributed by atoms with Gasteiger partial charge >= 0.3 is 11.9 Å². The Balaban J connectivity index is 2.74. The van der Waals surface area contributed by atoms with Crippen molar-refractivity contribution in [3.05, 3.63) is 35.4 Å². The number of hydrogen-bond donors (Lipinski definition) is 4. The Morgan fingerprint density at radius 2 is 1.05 bits per heavy atom. The van der Waals surface area contributed by atoms with E-state index in [1.165, 1.54) is 38.1 Å². The van der Waals surface area contributed by atoms with Crippen molar-refractivity contribution in [2.75, 3.05) is 0 Å². The number of amides is 2. The first-order valence-corrected chi connectivity index (χ1v) is 6.39. The summed E-state index contributed by atoms with van der Waals surface area (Å²) in [6, 6.07) is 3.34. The molecule has 0 radical (unpaired) electrons. The van der Waals surface area contributed by atoms with Gasteiger partial charge in [0.25, 0.3) is 11.8 Å². The van der Waals surface area contributed by atoms with E-state index in [-0.39, 0.29) is 11.1 Å². The van der Waals surface area contributed by atoms with E-state index in [1.807, 2.05) is 0 Å². The molecule has 0 saturated carbocycles. The van der Waals surface area contributed by atoms with Crippen LogP contribution in [0.4, 0.5) is 0 Å². The van der Waals surface area contributed by atoms with E-state index in [2.05, 4.69) is 10.6 Å². The van der Waals surface area contributed by atoms with Crippen LogP contribution in [0.2, 0.25) is 0 Å². The summed E-state index contributed by atoms with van der Waals surface area (Å²) in [5.74, 6) is -3.49. The highest BCUT2D eigenvalue weighted by atomic mass is 16.4. The van der Waals surface area contributed by atoms with Crippen molar-refractivity contribution in [3.8, 4) is 0 Å². The third kappa shape index (κ3) is 4.58. The van der Waals surface area contributed by atoms with Crippen molar-refractivity contribution in [1.82, 2.24) is 10.6 Å². The van der Waals surface area contributed by atoms with Gasteiger partial charge in [0, 0.05) is 11.1 Å². The standard InChI is InChI=1S/C14H16N2O6/c1-7(13(19)20)15-11(17)9-3-5-10(6-4-9)12(18)16-8(2)14(21)22/h3-8H,1-2H3,(H,15,17)(H,16,18)(H,19,20)(H,21,22)/t7-,8-/m0/s1. The van der Waals surface area contributed by atoms with Crippen LogP contribution in [0.1, 0.15) is 34.6 Å². The molecule has 0 aliphatic rings. The van der Waals surface area contributed by atoms with Gasteiger partial charge in [-0.15, -0.1) is 0 Å². The van der Waals surface area contributed by atoms with Gasteiger partial charge in [-0.1, -0.05) is 0 Å². The van der Waals surface area contributed by atoms with Crippen LogP contribution in [-0.4, -0.2) is 46.0 Å². The van der Waals surface area contributed by atoms with E-state index >= 15 is 0 Å². The molecule has 0 bridgehead atoms. The maximum Gasteiger partial charge on any atom is 0.325 e. The first kappa shape index (κ1) is 17.2. The summed E-state index contributed by atoms with van der Waals surface area (Å²) in [6.45, 7) is 2.66. The molecule has 8 heteroatoms. The minimum atomic E-state index is -1.16. The molecule has 0 aromatic heterocycles. The minimum Gasteiger partial charge on any atom is -0.480 e. The lowest BCUT2D eigenvalue weighted by molar-refractivity contribution is -0.139. The van der Waals surface area contributed by atoms with Crippen LogP contribution in [0.3, 0.4) is 0 Å². The molecule has 1 aromatic rings. The predicted octanol–water partition coefficient (Wildman–Crippen LogP) is 0.0924. The molecule has 118 valence electrons. The topological polar surface area (TPSA) is 133 Å². The molecule has 22 heavy (non-hydrogen) atoms. The molecule has 1 aromatic carbocycles. The Morgan fingerprint density at radius 1 is 0.773 bits per heavy atom. The highest BCUT2D eigenvalue weighted by Gasteiger charge is 2.17. The van der Waals surface area contributed by atoms with Gasteiger partial charge in [0.1, 0.15) is 12.1 Å². The van der Waals surface area contributed by atoms with Crippen LogP contribution in [0.25, 0.3) is 0 Å². The zero-order valence-corrected chi connectivity index (χ0v) is 12.0. The summed E-state index contributed by atoms with van der Waals surface area (Å²) >= 11 is 0. The minimum absolute atomic E-state index is 0.191. The van der Waals surface area contributed by atoms with E-state index in [0.29, 0.717) is 0 Å². The number of aliphatic carboxylic acids is 2. The molecule has 2 atom stereocenters. The fourth-order valence-electron chi connectivity index (χ4n) is 1.46. The average molecular weight is 308 g/mol. The van der Waals surface area contributed by atoms with Crippen LogP contribution in [-0.2, 0) is 9.59 Å². The van der Waals surface area contributed by atoms with Crippen LogP contribution < -0.4 is 10.6 Å². The Labute approximate surface area is 126 Å². The van der Waals surface area contributed by atoms with Crippen LogP contribution in [0.15, 0.2) is 24.3 Å². The SMILES string of the molecule is C[C@H](NC(=O)c1ccc(C(=O)N[C@@H](C)C(=O)O)cc1)C(=O)O. The number of hydrogen-bond acceptors (Lipinski definition) is 4. The van der Waals surface area contributed by atoms with Crippen molar-refractivity contribution in [3.63, 3.8) is 0 Å². The van der Waals surface area contributed by atoms with Crippen LogP contribution in [0, 0.1) is 0 Å². The average Bonchev–Trinajstić information content (AvgIpc) is 2.46. The van der Waals surface area contributed by atoms with Crippen molar-refractivity contribution in [2.24, 2.45) is 0 Å². The Bertz CT molecular complexity index is 543. The first-order chi connectivity index (χ1) is 10.2. The van der Waals surface area contributed by atoms with Gasteiger partial charge in [-0.3, -0.25) is 19.2 Å². The molecular weight excluding hydrogens is 292 g/mol. The summed E-state index contributed by atoms with van der Waals surface area (Å²) in [7, 11) is 0. The molecule has 0 fully saturated rings. The summed E-state index contributed by atoms with van der Waals surface area (Å²) in [5.41, 5.74) is 0.381. The van der Waals surface area contributed by atoms with Gasteiger partial charge < -0.3 is 20.8 Å². The Kier molecular flexibility index (Phi) is 5.62. The molecule has 1 rings (SSSR count). The molecule has 0 aliphatic carbocycles. The van der Waals surface area contributed by atoms with Gasteiger partial charge in [0.15, 0.2) is 0 Å².